The van der Waals surface area contributed by atoms with E-state index < -0.39 is 8.82 Å². The van der Waals surface area contributed by atoms with E-state index in [4.69, 9.17) is 9.47 Å². The van der Waals surface area contributed by atoms with Gasteiger partial charge in [-0.1, -0.05) is 0 Å². The summed E-state index contributed by atoms with van der Waals surface area (Å²) in [6, 6.07) is 0. The maximum absolute atomic E-state index is 4.83. The standard InChI is InChI=1S/2C4H10O.Br3GeH/c2*1-3-5-4-2;1-4(2)3/h2*3-4H2,1-2H3;4H. The van der Waals surface area contributed by atoms with Gasteiger partial charge in [0.25, 0.3) is 0 Å². The van der Waals surface area contributed by atoms with Crippen LogP contribution in [0.4, 0.5) is 0 Å². The fourth-order valence-electron chi connectivity index (χ4n) is 0.408. The van der Waals surface area contributed by atoms with Crippen LogP contribution in [0, 0.1) is 0 Å². The van der Waals surface area contributed by atoms with Crippen molar-refractivity contribution in [3.63, 3.8) is 0 Å². The first kappa shape index (κ1) is 21.2. The van der Waals surface area contributed by atoms with Crippen LogP contribution in [-0.4, -0.2) is 35.3 Å². The van der Waals surface area contributed by atoms with Gasteiger partial charge >= 0.3 is 50.8 Å². The fraction of sp³-hybridized carbons (Fsp3) is 1.00. The summed E-state index contributed by atoms with van der Waals surface area (Å²) >= 11 is 9.88. The minimum atomic E-state index is -1.04. The number of ether oxygens (including phenoxy) is 2. The second kappa shape index (κ2) is 24.2. The Morgan fingerprint density at radius 3 is 0.857 bits per heavy atom. The minimum absolute atomic E-state index is 0.844. The summed E-state index contributed by atoms with van der Waals surface area (Å²) in [4.78, 5) is 0. The molecule has 14 heavy (non-hydrogen) atoms. The molecule has 90 valence electrons. The van der Waals surface area contributed by atoms with E-state index in [9.17, 15) is 0 Å². The van der Waals surface area contributed by atoms with E-state index in [-0.39, 0.29) is 0 Å². The van der Waals surface area contributed by atoms with Gasteiger partial charge in [-0.15, -0.1) is 0 Å². The van der Waals surface area contributed by atoms with Crippen LogP contribution in [0.15, 0.2) is 0 Å². The van der Waals surface area contributed by atoms with Gasteiger partial charge in [0, 0.05) is 26.4 Å². The van der Waals surface area contributed by atoms with Crippen molar-refractivity contribution in [3.05, 3.63) is 0 Å². The molecule has 0 rings (SSSR count). The Labute approximate surface area is 113 Å². The van der Waals surface area contributed by atoms with Gasteiger partial charge in [-0.2, -0.15) is 0 Å². The van der Waals surface area contributed by atoms with Crippen LogP contribution in [0.3, 0.4) is 0 Å². The van der Waals surface area contributed by atoms with E-state index in [2.05, 4.69) is 42.0 Å². The Balaban J connectivity index is -0.000000131. The van der Waals surface area contributed by atoms with Crippen molar-refractivity contribution in [2.24, 2.45) is 0 Å². The van der Waals surface area contributed by atoms with Crippen molar-refractivity contribution in [1.29, 1.82) is 0 Å². The van der Waals surface area contributed by atoms with Gasteiger partial charge in [0.1, 0.15) is 0 Å². The predicted molar refractivity (Wildman–Crippen MR) is 78.3 cm³/mol. The zero-order valence-corrected chi connectivity index (χ0v) is 16.5. The molecular formula is C8H21Br3GeO2. The third-order valence-electron chi connectivity index (χ3n) is 0.816. The summed E-state index contributed by atoms with van der Waals surface area (Å²) in [5.41, 5.74) is 0. The van der Waals surface area contributed by atoms with Crippen molar-refractivity contribution >= 4 is 50.8 Å². The van der Waals surface area contributed by atoms with Crippen LogP contribution in [0.5, 0.6) is 0 Å². The molecule has 0 radical (unpaired) electrons. The summed E-state index contributed by atoms with van der Waals surface area (Å²) < 4.78 is 9.67. The Kier molecular flexibility index (Phi) is 36.7. The Morgan fingerprint density at radius 1 is 0.714 bits per heavy atom. The zero-order valence-electron chi connectivity index (χ0n) is 9.36. The van der Waals surface area contributed by atoms with E-state index in [0.717, 1.165) is 26.4 Å². The molecule has 0 saturated carbocycles. The fourth-order valence-corrected chi connectivity index (χ4v) is 0.408. The summed E-state index contributed by atoms with van der Waals surface area (Å²) in [6.45, 7) is 11.3. The molecule has 0 amide bonds. The molecule has 0 N–H and O–H groups in total. The van der Waals surface area contributed by atoms with E-state index in [1.54, 1.807) is 0 Å². The third kappa shape index (κ3) is 66.4. The quantitative estimate of drug-likeness (QED) is 0.590. The molecule has 0 fully saturated rings. The molecule has 0 heterocycles. The van der Waals surface area contributed by atoms with Crippen LogP contribution in [0.1, 0.15) is 27.7 Å². The average Bonchev–Trinajstić information content (AvgIpc) is 2.07. The van der Waals surface area contributed by atoms with Gasteiger partial charge in [0.15, 0.2) is 0 Å². The molecule has 0 aromatic carbocycles. The molecule has 6 heteroatoms. The number of rotatable bonds is 4. The molecule has 0 spiro atoms. The Morgan fingerprint density at radius 2 is 0.857 bits per heavy atom. The van der Waals surface area contributed by atoms with Crippen molar-refractivity contribution in [3.8, 4) is 0 Å². The molecule has 0 aliphatic carbocycles. The predicted octanol–water partition coefficient (Wildman–Crippen LogP) is 3.97. The van der Waals surface area contributed by atoms with Gasteiger partial charge in [-0.25, -0.2) is 0 Å². The van der Waals surface area contributed by atoms with Gasteiger partial charge in [-0.3, -0.25) is 0 Å². The van der Waals surface area contributed by atoms with Crippen molar-refractivity contribution in [2.75, 3.05) is 26.4 Å². The van der Waals surface area contributed by atoms with E-state index >= 15 is 0 Å². The number of hydrogen-bond acceptors (Lipinski definition) is 2. The topological polar surface area (TPSA) is 18.5 Å². The molecule has 0 aliphatic heterocycles. The van der Waals surface area contributed by atoms with Crippen molar-refractivity contribution in [2.45, 2.75) is 27.7 Å². The van der Waals surface area contributed by atoms with Gasteiger partial charge in [0.05, 0.1) is 0 Å². The summed E-state index contributed by atoms with van der Waals surface area (Å²) in [5, 5.41) is 0. The van der Waals surface area contributed by atoms with Gasteiger partial charge < -0.3 is 9.47 Å². The number of halogens is 3. The molecule has 0 unspecified atom stereocenters. The van der Waals surface area contributed by atoms with E-state index in [1.807, 2.05) is 27.7 Å². The molecular weight excluding hydrogens is 440 g/mol. The van der Waals surface area contributed by atoms with Crippen molar-refractivity contribution in [1.82, 2.24) is 0 Å². The van der Waals surface area contributed by atoms with Crippen LogP contribution in [0.25, 0.3) is 0 Å². The second-order valence-corrected chi connectivity index (χ2v) is 36.3. The Bertz CT molecular complexity index is 64.9. The Hall–Kier alpha value is 1.90. The average molecular weight is 462 g/mol. The maximum atomic E-state index is 4.83. The van der Waals surface area contributed by atoms with E-state index in [1.165, 1.54) is 0 Å². The van der Waals surface area contributed by atoms with E-state index in [0.29, 0.717) is 0 Å². The first-order chi connectivity index (χ1) is 6.56. The third-order valence-corrected chi connectivity index (χ3v) is 0.816. The van der Waals surface area contributed by atoms with Gasteiger partial charge in [0.2, 0.25) is 0 Å². The number of hydrogen-bond donors (Lipinski definition) is 0. The SMILES string of the molecule is CCOCC.CCOCC.[Br][GeH]([Br])[Br]. The first-order valence-corrected chi connectivity index (χ1v) is 21.7. The van der Waals surface area contributed by atoms with Gasteiger partial charge in [-0.05, 0) is 27.7 Å². The van der Waals surface area contributed by atoms with Crippen molar-refractivity contribution < 1.29 is 9.47 Å². The second-order valence-electron chi connectivity index (χ2n) is 1.81. The van der Waals surface area contributed by atoms with Crippen LogP contribution < -0.4 is 0 Å². The molecule has 0 bridgehead atoms. The summed E-state index contributed by atoms with van der Waals surface area (Å²) in [5.74, 6) is 0. The summed E-state index contributed by atoms with van der Waals surface area (Å²) in [6.07, 6.45) is 0. The molecule has 0 aliphatic rings. The normalized spacial score (nSPS) is 8.57. The first-order valence-electron chi connectivity index (χ1n) is 4.64. The molecule has 0 aromatic rings. The molecule has 2 nitrogen and oxygen atoms in total. The van der Waals surface area contributed by atoms with Crippen LogP contribution in [-0.2, 0) is 9.47 Å². The molecule has 0 aromatic heterocycles. The summed E-state index contributed by atoms with van der Waals surface area (Å²) in [7, 11) is -1.04. The monoisotopic (exact) mass is 460 g/mol. The zero-order chi connectivity index (χ0) is 11.8. The van der Waals surface area contributed by atoms with Crippen LogP contribution in [0.2, 0.25) is 0 Å². The molecule has 0 saturated heterocycles. The molecule has 0 atom stereocenters. The van der Waals surface area contributed by atoms with Crippen LogP contribution >= 0.6 is 42.0 Å².